The summed E-state index contributed by atoms with van der Waals surface area (Å²) in [5, 5.41) is 7.85. The Labute approximate surface area is 170 Å². The van der Waals surface area contributed by atoms with Gasteiger partial charge in [0.25, 0.3) is 0 Å². The summed E-state index contributed by atoms with van der Waals surface area (Å²) in [5.74, 6) is 0. The first-order chi connectivity index (χ1) is 14.4. The standard InChI is InChI=1S/C10H3F19O5/c11-2(12,1-30)31-5(18,19)6(20,21)33-9(26,27)10(28,29)34-8(24,25)7(22,23)32-4(16,17)3(13,14)15/h30H,1H2. The topological polar surface area (TPSA) is 57.2 Å². The zero-order chi connectivity index (χ0) is 28.0. The third-order valence-electron chi connectivity index (χ3n) is 2.58. The van der Waals surface area contributed by atoms with Gasteiger partial charge in [-0.25, -0.2) is 18.9 Å². The van der Waals surface area contributed by atoms with Gasteiger partial charge in [0.1, 0.15) is 6.61 Å². The fraction of sp³-hybridized carbons (Fsp3) is 1.00. The third-order valence-corrected chi connectivity index (χ3v) is 2.58. The lowest BCUT2D eigenvalue weighted by molar-refractivity contribution is -0.582. The second kappa shape index (κ2) is 8.85. The van der Waals surface area contributed by atoms with Crippen LogP contribution in [0.25, 0.3) is 0 Å². The van der Waals surface area contributed by atoms with Crippen LogP contribution in [-0.2, 0) is 18.9 Å². The molecule has 0 aliphatic carbocycles. The highest BCUT2D eigenvalue weighted by Crippen LogP contribution is 2.52. The molecule has 0 rings (SSSR count). The molecule has 0 aliphatic heterocycles. The van der Waals surface area contributed by atoms with Crippen molar-refractivity contribution in [3.63, 3.8) is 0 Å². The molecule has 0 spiro atoms. The molecule has 0 amide bonds. The summed E-state index contributed by atoms with van der Waals surface area (Å²) >= 11 is 0. The van der Waals surface area contributed by atoms with Gasteiger partial charge in [0.15, 0.2) is 0 Å². The predicted octanol–water partition coefficient (Wildman–Crippen LogP) is 5.35. The summed E-state index contributed by atoms with van der Waals surface area (Å²) in [5.41, 5.74) is 0. The Morgan fingerprint density at radius 2 is 0.559 bits per heavy atom. The molecular weight excluding hydrogens is 561 g/mol. The van der Waals surface area contributed by atoms with E-state index in [9.17, 15) is 83.4 Å². The Morgan fingerprint density at radius 1 is 0.353 bits per heavy atom. The lowest BCUT2D eigenvalue weighted by atomic mass is 10.4. The van der Waals surface area contributed by atoms with Crippen LogP contribution in [0.4, 0.5) is 83.4 Å². The van der Waals surface area contributed by atoms with Crippen molar-refractivity contribution in [3.8, 4) is 0 Å². The highest BCUT2D eigenvalue weighted by molar-refractivity contribution is 4.80. The average Bonchev–Trinajstić information content (AvgIpc) is 2.49. The zero-order valence-corrected chi connectivity index (χ0v) is 14.5. The van der Waals surface area contributed by atoms with E-state index < -0.39 is 61.7 Å². The van der Waals surface area contributed by atoms with Crippen LogP contribution in [0.2, 0.25) is 0 Å². The van der Waals surface area contributed by atoms with E-state index >= 15 is 0 Å². The molecule has 0 heterocycles. The van der Waals surface area contributed by atoms with Crippen LogP contribution in [0.3, 0.4) is 0 Å². The van der Waals surface area contributed by atoms with Crippen LogP contribution in [0.5, 0.6) is 0 Å². The third kappa shape index (κ3) is 7.00. The minimum absolute atomic E-state index is 1.25. The van der Waals surface area contributed by atoms with Crippen molar-refractivity contribution in [1.29, 1.82) is 0 Å². The van der Waals surface area contributed by atoms with Gasteiger partial charge in [0.05, 0.1) is 0 Å². The fourth-order valence-corrected chi connectivity index (χ4v) is 1.12. The number of halogens is 19. The molecule has 206 valence electrons. The Morgan fingerprint density at radius 3 is 0.765 bits per heavy atom. The van der Waals surface area contributed by atoms with Crippen LogP contribution in [0.15, 0.2) is 0 Å². The SMILES string of the molecule is OCC(F)(F)OC(F)(F)C(F)(F)OC(F)(F)C(F)(F)OC(F)(F)C(F)(F)OC(F)(F)C(F)(F)F. The molecule has 5 nitrogen and oxygen atoms in total. The van der Waals surface area contributed by atoms with Crippen molar-refractivity contribution in [2.75, 3.05) is 6.61 Å². The van der Waals surface area contributed by atoms with Crippen molar-refractivity contribution >= 4 is 0 Å². The smallest absolute Gasteiger partial charge is 0.387 e. The summed E-state index contributed by atoms with van der Waals surface area (Å²) in [4.78, 5) is 0. The number of hydrogen-bond donors (Lipinski definition) is 1. The summed E-state index contributed by atoms with van der Waals surface area (Å²) in [7, 11) is 0. The summed E-state index contributed by atoms with van der Waals surface area (Å²) in [6.07, 6.45) is -65.6. The van der Waals surface area contributed by atoms with Crippen molar-refractivity contribution < 1.29 is 107 Å². The molecule has 1 N–H and O–H groups in total. The highest BCUT2D eigenvalue weighted by Gasteiger charge is 2.78. The van der Waals surface area contributed by atoms with E-state index in [-0.39, 0.29) is 0 Å². The van der Waals surface area contributed by atoms with Gasteiger partial charge in [-0.2, -0.15) is 83.4 Å². The van der Waals surface area contributed by atoms with Gasteiger partial charge in [-0.15, -0.1) is 0 Å². The molecule has 34 heavy (non-hydrogen) atoms. The largest absolute Gasteiger partial charge is 0.483 e. The molecule has 0 aromatic heterocycles. The van der Waals surface area contributed by atoms with E-state index in [0.717, 1.165) is 0 Å². The van der Waals surface area contributed by atoms with Gasteiger partial charge in [-0.1, -0.05) is 0 Å². The minimum Gasteiger partial charge on any atom is -0.387 e. The second-order valence-corrected chi connectivity index (χ2v) is 5.32. The molecule has 0 saturated carbocycles. The maximum atomic E-state index is 13.0. The first-order valence-corrected chi connectivity index (χ1v) is 6.89. The van der Waals surface area contributed by atoms with E-state index in [4.69, 9.17) is 5.11 Å². The van der Waals surface area contributed by atoms with Crippen molar-refractivity contribution in [2.45, 2.75) is 55.0 Å². The van der Waals surface area contributed by atoms with E-state index in [1.807, 2.05) is 4.74 Å². The van der Waals surface area contributed by atoms with Gasteiger partial charge >= 0.3 is 55.0 Å². The normalized spacial score (nSPS) is 16.2. The maximum Gasteiger partial charge on any atom is 0.483 e. The number of aliphatic hydroxyl groups excluding tert-OH is 1. The van der Waals surface area contributed by atoms with Crippen LogP contribution in [0.1, 0.15) is 0 Å². The lowest BCUT2D eigenvalue weighted by Gasteiger charge is -2.35. The van der Waals surface area contributed by atoms with Crippen molar-refractivity contribution in [1.82, 2.24) is 0 Å². The van der Waals surface area contributed by atoms with E-state index in [1.54, 1.807) is 0 Å². The van der Waals surface area contributed by atoms with Crippen LogP contribution in [-0.4, -0.2) is 66.8 Å². The first kappa shape index (κ1) is 32.5. The monoisotopic (exact) mass is 564 g/mol. The Hall–Kier alpha value is -1.53. The van der Waals surface area contributed by atoms with Gasteiger partial charge in [0, 0.05) is 0 Å². The lowest BCUT2D eigenvalue weighted by Crippen LogP contribution is -2.60. The van der Waals surface area contributed by atoms with Crippen LogP contribution >= 0.6 is 0 Å². The molecule has 24 heteroatoms. The van der Waals surface area contributed by atoms with Crippen LogP contribution < -0.4 is 0 Å². The minimum atomic E-state index is -7.75. The molecule has 0 saturated heterocycles. The second-order valence-electron chi connectivity index (χ2n) is 5.32. The maximum absolute atomic E-state index is 13.0. The van der Waals surface area contributed by atoms with Gasteiger partial charge in [-0.3, -0.25) is 0 Å². The van der Waals surface area contributed by atoms with E-state index in [0.29, 0.717) is 0 Å². The van der Waals surface area contributed by atoms with Crippen molar-refractivity contribution in [3.05, 3.63) is 0 Å². The molecule has 0 fully saturated rings. The number of aliphatic hydroxyl groups is 1. The summed E-state index contributed by atoms with van der Waals surface area (Å²) in [6, 6.07) is 0. The highest BCUT2D eigenvalue weighted by atomic mass is 19.4. The van der Waals surface area contributed by atoms with Gasteiger partial charge in [-0.05, 0) is 0 Å². The number of ether oxygens (including phenoxy) is 4. The Balaban J connectivity index is 5.92. The zero-order valence-electron chi connectivity index (χ0n) is 14.5. The molecule has 0 bridgehead atoms. The fourth-order valence-electron chi connectivity index (χ4n) is 1.12. The molecule has 0 aromatic carbocycles. The van der Waals surface area contributed by atoms with E-state index in [1.165, 1.54) is 14.2 Å². The quantitative estimate of drug-likeness (QED) is 0.324. The average molecular weight is 564 g/mol. The number of alkyl halides is 19. The Kier molecular flexibility index (Phi) is 8.45. The summed E-state index contributed by atoms with van der Waals surface area (Å²) in [6.45, 7) is -2.88. The predicted molar refractivity (Wildman–Crippen MR) is 57.1 cm³/mol. The molecular formula is C10H3F19O5. The molecule has 0 radical (unpaired) electrons. The van der Waals surface area contributed by atoms with Crippen LogP contribution in [0, 0.1) is 0 Å². The molecule has 0 aromatic rings. The molecule has 0 unspecified atom stereocenters. The summed E-state index contributed by atoms with van der Waals surface area (Å²) < 4.78 is 245. The number of hydrogen-bond acceptors (Lipinski definition) is 5. The molecule has 0 atom stereocenters. The van der Waals surface area contributed by atoms with Gasteiger partial charge in [0.2, 0.25) is 0 Å². The first-order valence-electron chi connectivity index (χ1n) is 6.89. The van der Waals surface area contributed by atoms with Gasteiger partial charge < -0.3 is 5.11 Å². The Bertz CT molecular complexity index is 700. The van der Waals surface area contributed by atoms with E-state index in [2.05, 4.69) is 0 Å². The molecule has 0 aliphatic rings. The van der Waals surface area contributed by atoms with Crippen molar-refractivity contribution in [2.24, 2.45) is 0 Å². The number of rotatable bonds is 12.